The number of carboxylic acid groups (broad SMARTS) is 1. The summed E-state index contributed by atoms with van der Waals surface area (Å²) in [7, 11) is 0. The Morgan fingerprint density at radius 2 is 1.50 bits per heavy atom. The summed E-state index contributed by atoms with van der Waals surface area (Å²) >= 11 is 1.04. The predicted molar refractivity (Wildman–Crippen MR) is 138 cm³/mol. The van der Waals surface area contributed by atoms with Crippen molar-refractivity contribution in [3.63, 3.8) is 0 Å². The molecule has 36 heavy (non-hydrogen) atoms. The molecule has 7 nitrogen and oxygen atoms in total. The topological polar surface area (TPSA) is 106 Å². The quantitative estimate of drug-likeness (QED) is 0.195. The number of esters is 1. The van der Waals surface area contributed by atoms with E-state index in [1.54, 1.807) is 61.5 Å². The third-order valence-corrected chi connectivity index (χ3v) is 6.50. The summed E-state index contributed by atoms with van der Waals surface area (Å²) in [5.41, 5.74) is 5.08. The maximum Gasteiger partial charge on any atom is 0.338 e. The Balaban J connectivity index is 1.84. The van der Waals surface area contributed by atoms with E-state index in [2.05, 4.69) is 8.75 Å². The Kier molecular flexibility index (Phi) is 7.36. The smallest absolute Gasteiger partial charge is 0.338 e. The minimum atomic E-state index is -1.21. The highest BCUT2D eigenvalue weighted by atomic mass is 32.1. The molecule has 8 heteroatoms. The van der Waals surface area contributed by atoms with Crippen LogP contribution in [0.2, 0.25) is 0 Å². The van der Waals surface area contributed by atoms with Gasteiger partial charge in [0.05, 0.1) is 29.5 Å². The molecule has 0 bridgehead atoms. The van der Waals surface area contributed by atoms with Crippen molar-refractivity contribution in [1.82, 2.24) is 8.75 Å². The number of allylic oxidation sites excluding steroid dienone is 1. The van der Waals surface area contributed by atoms with Crippen molar-refractivity contribution in [1.29, 1.82) is 0 Å². The molecular weight excluding hydrogens is 476 g/mol. The fourth-order valence-electron chi connectivity index (χ4n) is 3.88. The standard InChI is InChI=1S/C28H24N2O5S/c1-4-35-28(34)19-9-6-18(7-10-19)14-22(26(31)21-8-5-16(2)17(3)13-21)25(27(32)33)20-11-12-23-24(15-20)30-36-29-23/h5-13,15H,4,14H2,1-3H3,(H,32,33)/b25-22+. The highest BCUT2D eigenvalue weighted by Gasteiger charge is 2.25. The van der Waals surface area contributed by atoms with E-state index in [0.29, 0.717) is 33.3 Å². The molecule has 0 aliphatic rings. The fourth-order valence-corrected chi connectivity index (χ4v) is 4.40. The zero-order valence-corrected chi connectivity index (χ0v) is 20.9. The van der Waals surface area contributed by atoms with Crippen LogP contribution in [0.3, 0.4) is 0 Å². The molecule has 0 radical (unpaired) electrons. The van der Waals surface area contributed by atoms with Gasteiger partial charge in [0, 0.05) is 17.6 Å². The summed E-state index contributed by atoms with van der Waals surface area (Å²) < 4.78 is 13.4. The summed E-state index contributed by atoms with van der Waals surface area (Å²) in [4.78, 5) is 38.4. The van der Waals surface area contributed by atoms with E-state index in [1.807, 2.05) is 19.9 Å². The summed E-state index contributed by atoms with van der Waals surface area (Å²) in [5, 5.41) is 10.3. The molecule has 4 rings (SSSR count). The summed E-state index contributed by atoms with van der Waals surface area (Å²) in [5.74, 6) is -2.03. The zero-order valence-electron chi connectivity index (χ0n) is 20.1. The number of carbonyl (C=O) groups excluding carboxylic acids is 2. The SMILES string of the molecule is CCOC(=O)c1ccc(C/C(C(=O)c2ccc(C)c(C)c2)=C(\C(=O)O)c2ccc3nsnc3c2)cc1. The first-order chi connectivity index (χ1) is 17.3. The molecule has 1 N–H and O–H groups in total. The number of ether oxygens (including phenoxy) is 1. The molecule has 0 aliphatic heterocycles. The van der Waals surface area contributed by atoms with Crippen LogP contribution < -0.4 is 0 Å². The number of hydrogen-bond acceptors (Lipinski definition) is 7. The van der Waals surface area contributed by atoms with Crippen LogP contribution in [0.5, 0.6) is 0 Å². The molecule has 182 valence electrons. The molecule has 0 saturated carbocycles. The van der Waals surface area contributed by atoms with Gasteiger partial charge in [0.25, 0.3) is 0 Å². The molecule has 0 amide bonds. The van der Waals surface area contributed by atoms with Crippen molar-refractivity contribution in [2.45, 2.75) is 27.2 Å². The van der Waals surface area contributed by atoms with Crippen LogP contribution in [-0.2, 0) is 16.0 Å². The molecule has 1 heterocycles. The maximum absolute atomic E-state index is 13.8. The van der Waals surface area contributed by atoms with E-state index < -0.39 is 11.9 Å². The van der Waals surface area contributed by atoms with Gasteiger partial charge in [0.2, 0.25) is 0 Å². The average Bonchev–Trinajstić information content (AvgIpc) is 3.33. The number of benzene rings is 3. The lowest BCUT2D eigenvalue weighted by atomic mass is 9.88. The van der Waals surface area contributed by atoms with Crippen molar-refractivity contribution in [3.05, 3.63) is 99.6 Å². The van der Waals surface area contributed by atoms with Crippen molar-refractivity contribution >= 4 is 46.1 Å². The van der Waals surface area contributed by atoms with Gasteiger partial charge in [-0.3, -0.25) is 4.79 Å². The maximum atomic E-state index is 13.8. The Morgan fingerprint density at radius 1 is 0.833 bits per heavy atom. The van der Waals surface area contributed by atoms with E-state index in [1.165, 1.54) is 0 Å². The number of aryl methyl sites for hydroxylation is 2. The third-order valence-electron chi connectivity index (χ3n) is 5.95. The highest BCUT2D eigenvalue weighted by molar-refractivity contribution is 7.00. The average molecular weight is 501 g/mol. The number of nitrogens with zero attached hydrogens (tertiary/aromatic N) is 2. The Hall–Kier alpha value is -4.17. The van der Waals surface area contributed by atoms with Crippen molar-refractivity contribution in [3.8, 4) is 0 Å². The molecule has 1 aromatic heterocycles. The molecule has 0 spiro atoms. The van der Waals surface area contributed by atoms with E-state index in [9.17, 15) is 19.5 Å². The molecule has 0 aliphatic carbocycles. The number of carbonyl (C=O) groups is 3. The van der Waals surface area contributed by atoms with Gasteiger partial charge < -0.3 is 9.84 Å². The summed E-state index contributed by atoms with van der Waals surface area (Å²) in [6.45, 7) is 5.85. The van der Waals surface area contributed by atoms with E-state index in [-0.39, 0.29) is 30.0 Å². The van der Waals surface area contributed by atoms with E-state index >= 15 is 0 Å². The van der Waals surface area contributed by atoms with Crippen LogP contribution in [-0.4, -0.2) is 38.2 Å². The van der Waals surface area contributed by atoms with Crippen molar-refractivity contribution in [2.75, 3.05) is 6.61 Å². The first-order valence-corrected chi connectivity index (χ1v) is 12.1. The number of aliphatic carboxylic acids is 1. The van der Waals surface area contributed by atoms with Gasteiger partial charge in [0.1, 0.15) is 11.0 Å². The monoisotopic (exact) mass is 500 g/mol. The largest absolute Gasteiger partial charge is 0.478 e. The van der Waals surface area contributed by atoms with E-state index in [0.717, 1.165) is 22.9 Å². The number of rotatable bonds is 8. The third kappa shape index (κ3) is 5.23. The summed E-state index contributed by atoms with van der Waals surface area (Å²) in [6, 6.07) is 16.9. The van der Waals surface area contributed by atoms with Gasteiger partial charge in [0.15, 0.2) is 5.78 Å². The zero-order chi connectivity index (χ0) is 25.8. The minimum absolute atomic E-state index is 0.0594. The molecule has 0 unspecified atom stereocenters. The van der Waals surface area contributed by atoms with Crippen LogP contribution in [0.4, 0.5) is 0 Å². The highest BCUT2D eigenvalue weighted by Crippen LogP contribution is 2.28. The second kappa shape index (κ2) is 10.6. The number of carboxylic acids is 1. The predicted octanol–water partition coefficient (Wildman–Crippen LogP) is 5.45. The van der Waals surface area contributed by atoms with Crippen molar-refractivity contribution in [2.24, 2.45) is 0 Å². The van der Waals surface area contributed by atoms with Gasteiger partial charge in [-0.05, 0) is 73.4 Å². The van der Waals surface area contributed by atoms with Crippen LogP contribution >= 0.6 is 11.7 Å². The number of ketones is 1. The molecule has 0 atom stereocenters. The van der Waals surface area contributed by atoms with Crippen LogP contribution in [0, 0.1) is 13.8 Å². The fraction of sp³-hybridized carbons (Fsp3) is 0.179. The number of aromatic nitrogens is 2. The van der Waals surface area contributed by atoms with Crippen LogP contribution in [0.25, 0.3) is 16.6 Å². The summed E-state index contributed by atoms with van der Waals surface area (Å²) in [6.07, 6.45) is 0.0594. The molecular formula is C28H24N2O5S. The Morgan fingerprint density at radius 3 is 2.17 bits per heavy atom. The normalized spacial score (nSPS) is 11.8. The second-order valence-corrected chi connectivity index (χ2v) is 8.88. The molecule has 4 aromatic rings. The van der Waals surface area contributed by atoms with Crippen LogP contribution in [0.15, 0.2) is 66.2 Å². The van der Waals surface area contributed by atoms with Crippen molar-refractivity contribution < 1.29 is 24.2 Å². The van der Waals surface area contributed by atoms with Gasteiger partial charge in [-0.25, -0.2) is 9.59 Å². The minimum Gasteiger partial charge on any atom is -0.478 e. The van der Waals surface area contributed by atoms with Gasteiger partial charge in [-0.2, -0.15) is 8.75 Å². The lowest BCUT2D eigenvalue weighted by molar-refractivity contribution is -0.130. The lowest BCUT2D eigenvalue weighted by Gasteiger charge is -2.14. The van der Waals surface area contributed by atoms with Gasteiger partial charge in [-0.1, -0.05) is 30.3 Å². The molecule has 3 aromatic carbocycles. The number of Topliss-reactive ketones (excluding diaryl/α,β-unsaturated/α-hetero) is 1. The van der Waals surface area contributed by atoms with Gasteiger partial charge in [-0.15, -0.1) is 0 Å². The van der Waals surface area contributed by atoms with E-state index in [4.69, 9.17) is 4.74 Å². The Bertz CT molecular complexity index is 1500. The second-order valence-electron chi connectivity index (χ2n) is 8.35. The molecule has 0 saturated heterocycles. The number of hydrogen-bond donors (Lipinski definition) is 1. The Labute approximate surface area is 212 Å². The lowest BCUT2D eigenvalue weighted by Crippen LogP contribution is -2.14. The number of fused-ring (bicyclic) bond motifs is 1. The first-order valence-electron chi connectivity index (χ1n) is 11.4. The molecule has 0 fully saturated rings. The van der Waals surface area contributed by atoms with Gasteiger partial charge >= 0.3 is 11.9 Å². The first kappa shape index (κ1) is 24.9. The van der Waals surface area contributed by atoms with Crippen LogP contribution in [0.1, 0.15) is 49.9 Å².